The van der Waals surface area contributed by atoms with Gasteiger partial charge in [0.1, 0.15) is 6.04 Å². The predicted molar refractivity (Wildman–Crippen MR) is 59.7 cm³/mol. The summed E-state index contributed by atoms with van der Waals surface area (Å²) in [4.78, 5) is 13.1. The second-order valence-corrected chi connectivity index (χ2v) is 4.32. The second kappa shape index (κ2) is 6.08. The zero-order valence-electron chi connectivity index (χ0n) is 9.48. The molecule has 4 heteroatoms. The van der Waals surface area contributed by atoms with Gasteiger partial charge < -0.3 is 10.8 Å². The highest BCUT2D eigenvalue weighted by Crippen LogP contribution is 2.22. The fourth-order valence-electron chi connectivity index (χ4n) is 2.29. The summed E-state index contributed by atoms with van der Waals surface area (Å²) in [6, 6.07) is -0.368. The largest absolute Gasteiger partial charge is 0.480 e. The van der Waals surface area contributed by atoms with Crippen LogP contribution in [-0.2, 0) is 4.79 Å². The van der Waals surface area contributed by atoms with Crippen LogP contribution in [0.5, 0.6) is 0 Å². The number of nitrogens with zero attached hydrogens (tertiary/aromatic N) is 1. The van der Waals surface area contributed by atoms with E-state index in [2.05, 4.69) is 11.8 Å². The summed E-state index contributed by atoms with van der Waals surface area (Å²) in [5.74, 6) is 0.0592. The topological polar surface area (TPSA) is 66.6 Å². The highest BCUT2D eigenvalue weighted by atomic mass is 16.4. The number of rotatable bonds is 5. The Bertz CT molecular complexity index is 201. The number of hydrogen-bond acceptors (Lipinski definition) is 3. The monoisotopic (exact) mass is 214 g/mol. The van der Waals surface area contributed by atoms with Crippen LogP contribution in [0.4, 0.5) is 0 Å². The molecule has 0 aromatic heterocycles. The Kier molecular flexibility index (Phi) is 5.05. The summed E-state index contributed by atoms with van der Waals surface area (Å²) < 4.78 is 0. The van der Waals surface area contributed by atoms with Crippen molar-refractivity contribution in [1.29, 1.82) is 0 Å². The first-order chi connectivity index (χ1) is 7.19. The molecule has 1 fully saturated rings. The molecule has 0 spiro atoms. The van der Waals surface area contributed by atoms with Crippen molar-refractivity contribution < 1.29 is 9.90 Å². The minimum Gasteiger partial charge on any atom is -0.480 e. The van der Waals surface area contributed by atoms with Gasteiger partial charge in [0.2, 0.25) is 0 Å². The first-order valence-electron chi connectivity index (χ1n) is 5.86. The lowest BCUT2D eigenvalue weighted by Gasteiger charge is -2.35. The number of hydrogen-bond donors (Lipinski definition) is 2. The molecular formula is C11H22N2O2. The Labute approximate surface area is 91.4 Å². The maximum Gasteiger partial charge on any atom is 0.320 e. The molecule has 1 rings (SSSR count). The average molecular weight is 214 g/mol. The molecule has 1 heterocycles. The quantitative estimate of drug-likeness (QED) is 0.714. The predicted octanol–water partition coefficient (Wildman–Crippen LogP) is 0.910. The zero-order chi connectivity index (χ0) is 11.3. The Morgan fingerprint density at radius 3 is 2.53 bits per heavy atom. The maximum absolute atomic E-state index is 11.0. The van der Waals surface area contributed by atoms with Gasteiger partial charge in [-0.3, -0.25) is 9.69 Å². The van der Waals surface area contributed by atoms with Crippen molar-refractivity contribution in [3.05, 3.63) is 0 Å². The third kappa shape index (κ3) is 3.47. The maximum atomic E-state index is 11.0. The molecule has 1 aliphatic rings. The van der Waals surface area contributed by atoms with Crippen LogP contribution in [0.15, 0.2) is 0 Å². The number of carbonyl (C=O) groups is 1. The molecule has 0 radical (unpaired) electrons. The lowest BCUT2D eigenvalue weighted by Crippen LogP contribution is -2.46. The molecule has 1 atom stereocenters. The standard InChI is InChI=1S/C11H22N2O2/c1-2-9-4-7-13(8-5-9)10(3-6-12)11(14)15/h9-10H,2-8,12H2,1H3,(H,14,15). The van der Waals surface area contributed by atoms with Gasteiger partial charge in [0.05, 0.1) is 0 Å². The van der Waals surface area contributed by atoms with Crippen LogP contribution in [0.25, 0.3) is 0 Å². The first-order valence-corrected chi connectivity index (χ1v) is 5.86. The number of likely N-dealkylation sites (tertiary alicyclic amines) is 1. The Morgan fingerprint density at radius 1 is 1.53 bits per heavy atom. The van der Waals surface area contributed by atoms with E-state index in [4.69, 9.17) is 10.8 Å². The van der Waals surface area contributed by atoms with Gasteiger partial charge in [-0.25, -0.2) is 0 Å². The molecule has 0 aromatic rings. The van der Waals surface area contributed by atoms with E-state index in [1.54, 1.807) is 0 Å². The average Bonchev–Trinajstić information content (AvgIpc) is 2.26. The van der Waals surface area contributed by atoms with Crippen LogP contribution in [0.1, 0.15) is 32.6 Å². The van der Waals surface area contributed by atoms with Crippen LogP contribution in [0.3, 0.4) is 0 Å². The minimum atomic E-state index is -0.726. The fraction of sp³-hybridized carbons (Fsp3) is 0.909. The normalized spacial score (nSPS) is 21.5. The highest BCUT2D eigenvalue weighted by Gasteiger charge is 2.28. The molecule has 4 nitrogen and oxygen atoms in total. The SMILES string of the molecule is CCC1CCN(C(CCN)C(=O)O)CC1. The van der Waals surface area contributed by atoms with E-state index in [-0.39, 0.29) is 6.04 Å². The third-order valence-electron chi connectivity index (χ3n) is 3.39. The van der Waals surface area contributed by atoms with Crippen LogP contribution < -0.4 is 5.73 Å². The van der Waals surface area contributed by atoms with E-state index in [0.29, 0.717) is 13.0 Å². The Morgan fingerprint density at radius 2 is 2.13 bits per heavy atom. The Balaban J connectivity index is 2.45. The van der Waals surface area contributed by atoms with Crippen LogP contribution in [-0.4, -0.2) is 41.7 Å². The number of carboxylic acid groups (broad SMARTS) is 1. The van der Waals surface area contributed by atoms with Gasteiger partial charge in [-0.2, -0.15) is 0 Å². The van der Waals surface area contributed by atoms with Crippen molar-refractivity contribution in [1.82, 2.24) is 4.90 Å². The zero-order valence-corrected chi connectivity index (χ0v) is 9.48. The molecule has 15 heavy (non-hydrogen) atoms. The minimum absolute atomic E-state index is 0.368. The van der Waals surface area contributed by atoms with E-state index < -0.39 is 5.97 Å². The summed E-state index contributed by atoms with van der Waals surface area (Å²) in [5.41, 5.74) is 5.44. The molecule has 0 saturated carbocycles. The molecule has 88 valence electrons. The van der Waals surface area contributed by atoms with E-state index in [1.165, 1.54) is 6.42 Å². The lowest BCUT2D eigenvalue weighted by molar-refractivity contribution is -0.144. The Hall–Kier alpha value is -0.610. The van der Waals surface area contributed by atoms with Crippen LogP contribution in [0.2, 0.25) is 0 Å². The van der Waals surface area contributed by atoms with Gasteiger partial charge in [0.25, 0.3) is 0 Å². The molecule has 0 amide bonds. The molecule has 1 unspecified atom stereocenters. The number of piperidine rings is 1. The van der Waals surface area contributed by atoms with Crippen molar-refractivity contribution >= 4 is 5.97 Å². The summed E-state index contributed by atoms with van der Waals surface area (Å²) in [6.45, 7) is 4.48. The smallest absolute Gasteiger partial charge is 0.320 e. The lowest BCUT2D eigenvalue weighted by atomic mass is 9.93. The van der Waals surface area contributed by atoms with Crippen molar-refractivity contribution in [2.45, 2.75) is 38.6 Å². The molecule has 3 N–H and O–H groups in total. The van der Waals surface area contributed by atoms with Crippen molar-refractivity contribution in [3.8, 4) is 0 Å². The molecule has 0 aromatic carbocycles. The number of aliphatic carboxylic acids is 1. The molecule has 1 saturated heterocycles. The number of nitrogens with two attached hydrogens (primary N) is 1. The fourth-order valence-corrected chi connectivity index (χ4v) is 2.29. The van der Waals surface area contributed by atoms with Crippen LogP contribution >= 0.6 is 0 Å². The summed E-state index contributed by atoms with van der Waals surface area (Å²) >= 11 is 0. The van der Waals surface area contributed by atoms with Gasteiger partial charge in [0.15, 0.2) is 0 Å². The number of carboxylic acids is 1. The van der Waals surface area contributed by atoms with E-state index in [0.717, 1.165) is 31.8 Å². The van der Waals surface area contributed by atoms with Crippen molar-refractivity contribution in [2.24, 2.45) is 11.7 Å². The third-order valence-corrected chi connectivity index (χ3v) is 3.39. The van der Waals surface area contributed by atoms with E-state index in [1.807, 2.05) is 0 Å². The van der Waals surface area contributed by atoms with Crippen molar-refractivity contribution in [3.63, 3.8) is 0 Å². The van der Waals surface area contributed by atoms with Gasteiger partial charge in [0, 0.05) is 0 Å². The van der Waals surface area contributed by atoms with Gasteiger partial charge in [-0.05, 0) is 44.8 Å². The van der Waals surface area contributed by atoms with Gasteiger partial charge >= 0.3 is 5.97 Å². The molecular weight excluding hydrogens is 192 g/mol. The second-order valence-electron chi connectivity index (χ2n) is 4.32. The van der Waals surface area contributed by atoms with E-state index in [9.17, 15) is 4.79 Å². The van der Waals surface area contributed by atoms with Crippen LogP contribution in [0, 0.1) is 5.92 Å². The van der Waals surface area contributed by atoms with Gasteiger partial charge in [-0.15, -0.1) is 0 Å². The molecule has 1 aliphatic heterocycles. The highest BCUT2D eigenvalue weighted by molar-refractivity contribution is 5.73. The molecule has 0 aliphatic carbocycles. The molecule has 0 bridgehead atoms. The summed E-state index contributed by atoms with van der Waals surface area (Å²) in [6.07, 6.45) is 4.03. The van der Waals surface area contributed by atoms with Crippen molar-refractivity contribution in [2.75, 3.05) is 19.6 Å². The first kappa shape index (κ1) is 12.5. The summed E-state index contributed by atoms with van der Waals surface area (Å²) in [5, 5.41) is 9.08. The summed E-state index contributed by atoms with van der Waals surface area (Å²) in [7, 11) is 0. The van der Waals surface area contributed by atoms with E-state index >= 15 is 0 Å². The van der Waals surface area contributed by atoms with Gasteiger partial charge in [-0.1, -0.05) is 13.3 Å².